The molecule has 0 aliphatic carbocycles. The lowest BCUT2D eigenvalue weighted by atomic mass is 10.0. The average Bonchev–Trinajstić information content (AvgIpc) is 3.64. The third-order valence-corrected chi connectivity index (χ3v) is 7.06. The lowest BCUT2D eigenvalue weighted by Gasteiger charge is -2.26. The fourth-order valence-corrected chi connectivity index (χ4v) is 4.98. The van der Waals surface area contributed by atoms with E-state index in [4.69, 9.17) is 14.9 Å². The molecule has 0 amide bonds. The minimum atomic E-state index is -0.489. The monoisotopic (exact) mass is 532 g/mol. The van der Waals surface area contributed by atoms with Crippen molar-refractivity contribution in [3.8, 4) is 23.1 Å². The van der Waals surface area contributed by atoms with Gasteiger partial charge < -0.3 is 19.4 Å². The maximum absolute atomic E-state index is 14.4. The molecule has 2 saturated heterocycles. The molecule has 2 aromatic carbocycles. The Balaban J connectivity index is 1.24. The maximum atomic E-state index is 14.4. The van der Waals surface area contributed by atoms with Gasteiger partial charge in [-0.1, -0.05) is 6.07 Å². The third kappa shape index (κ3) is 6.33. The number of aromatic nitrogens is 2. The summed E-state index contributed by atoms with van der Waals surface area (Å²) in [5.74, 6) is 0.306. The molecule has 8 nitrogen and oxygen atoms in total. The van der Waals surface area contributed by atoms with Gasteiger partial charge in [0, 0.05) is 37.3 Å². The molecule has 5 rings (SSSR count). The van der Waals surface area contributed by atoms with E-state index in [0.717, 1.165) is 62.7 Å². The van der Waals surface area contributed by atoms with Crippen LogP contribution < -0.4 is 4.74 Å². The van der Waals surface area contributed by atoms with E-state index in [1.165, 1.54) is 6.07 Å². The van der Waals surface area contributed by atoms with Gasteiger partial charge in [-0.2, -0.15) is 5.26 Å². The number of amidine groups is 1. The van der Waals surface area contributed by atoms with Crippen molar-refractivity contribution in [2.75, 3.05) is 46.0 Å². The van der Waals surface area contributed by atoms with Crippen molar-refractivity contribution in [1.29, 1.82) is 10.7 Å². The molecular weight excluding hydrogens is 502 g/mol. The Morgan fingerprint density at radius 2 is 2.05 bits per heavy atom. The van der Waals surface area contributed by atoms with E-state index in [1.807, 2.05) is 12.1 Å². The summed E-state index contributed by atoms with van der Waals surface area (Å²) in [6, 6.07) is 10.6. The molecule has 2 aliphatic heterocycles. The summed E-state index contributed by atoms with van der Waals surface area (Å²) in [5.41, 5.74) is 2.29. The first-order chi connectivity index (χ1) is 19.0. The lowest BCUT2D eigenvalue weighted by molar-refractivity contribution is 0.0322. The van der Waals surface area contributed by atoms with Gasteiger partial charge in [-0.3, -0.25) is 10.3 Å². The van der Waals surface area contributed by atoms with E-state index in [2.05, 4.69) is 20.9 Å². The number of benzene rings is 2. The van der Waals surface area contributed by atoms with Crippen molar-refractivity contribution in [1.82, 2.24) is 19.8 Å². The summed E-state index contributed by atoms with van der Waals surface area (Å²) in [5, 5.41) is 18.1. The molecule has 10 heteroatoms. The van der Waals surface area contributed by atoms with Crippen LogP contribution in [0.4, 0.5) is 8.78 Å². The van der Waals surface area contributed by atoms with Gasteiger partial charge >= 0.3 is 0 Å². The van der Waals surface area contributed by atoms with Gasteiger partial charge in [-0.05, 0) is 55.3 Å². The van der Waals surface area contributed by atoms with Crippen molar-refractivity contribution in [3.05, 3.63) is 77.3 Å². The van der Waals surface area contributed by atoms with Crippen LogP contribution in [0.25, 0.3) is 17.3 Å². The van der Waals surface area contributed by atoms with Crippen LogP contribution in [0.15, 0.2) is 48.7 Å². The number of likely N-dealkylation sites (tertiary alicyclic amines) is 1. The first-order valence-electron chi connectivity index (χ1n) is 13.0. The second-order valence-corrected chi connectivity index (χ2v) is 9.54. The Hall–Kier alpha value is -4.07. The number of hydrogen-bond donors (Lipinski definition) is 2. The number of rotatable bonds is 8. The number of hydrogen-bond acceptors (Lipinski definition) is 6. The molecule has 1 aromatic heterocycles. The van der Waals surface area contributed by atoms with E-state index in [9.17, 15) is 14.0 Å². The normalized spacial score (nSPS) is 18.0. The fourth-order valence-electron chi connectivity index (χ4n) is 4.98. The van der Waals surface area contributed by atoms with E-state index in [0.29, 0.717) is 36.7 Å². The first kappa shape index (κ1) is 26.5. The van der Waals surface area contributed by atoms with Gasteiger partial charge in [-0.15, -0.1) is 0 Å². The van der Waals surface area contributed by atoms with Crippen LogP contribution in [0, 0.1) is 28.4 Å². The van der Waals surface area contributed by atoms with Crippen LogP contribution >= 0.6 is 0 Å². The number of aromatic amines is 1. The summed E-state index contributed by atoms with van der Waals surface area (Å²) in [6.07, 6.45) is 6.42. The van der Waals surface area contributed by atoms with E-state index < -0.39 is 11.6 Å². The molecule has 0 saturated carbocycles. The molecule has 3 heterocycles. The standard InChI is InChI=1S/C29H30F2N6O2/c30-22-5-6-24(31)23(17-22)26-2-1-9-37(26)28(33)7-8-29-34-19-25(35-29)20-3-4-21(18-32)27(16-20)39-15-12-36-10-13-38-14-11-36/h3-8,16-17,19,26,33H,1-2,9-15H2,(H,34,35)/b8-7-,33-28?. The second kappa shape index (κ2) is 12.2. The van der Waals surface area contributed by atoms with E-state index in [1.54, 1.807) is 29.3 Å². The zero-order valence-corrected chi connectivity index (χ0v) is 21.5. The Morgan fingerprint density at radius 3 is 2.87 bits per heavy atom. The van der Waals surface area contributed by atoms with Crippen LogP contribution in [0.3, 0.4) is 0 Å². The zero-order chi connectivity index (χ0) is 27.2. The van der Waals surface area contributed by atoms with Gasteiger partial charge in [0.15, 0.2) is 0 Å². The van der Waals surface area contributed by atoms with Crippen LogP contribution in [0.1, 0.15) is 35.8 Å². The predicted molar refractivity (Wildman–Crippen MR) is 143 cm³/mol. The lowest BCUT2D eigenvalue weighted by Crippen LogP contribution is -2.38. The average molecular weight is 533 g/mol. The molecule has 1 atom stereocenters. The number of imidazole rings is 1. The molecule has 1 unspecified atom stereocenters. The van der Waals surface area contributed by atoms with E-state index in [-0.39, 0.29) is 17.4 Å². The number of ether oxygens (including phenoxy) is 2. The van der Waals surface area contributed by atoms with Gasteiger partial charge in [0.05, 0.1) is 36.7 Å². The predicted octanol–water partition coefficient (Wildman–Crippen LogP) is 4.77. The highest BCUT2D eigenvalue weighted by atomic mass is 19.1. The molecule has 2 fully saturated rings. The molecule has 0 bridgehead atoms. The van der Waals surface area contributed by atoms with Crippen LogP contribution in [-0.4, -0.2) is 71.6 Å². The van der Waals surface area contributed by atoms with Crippen molar-refractivity contribution in [3.63, 3.8) is 0 Å². The largest absolute Gasteiger partial charge is 0.491 e. The number of halogens is 2. The summed E-state index contributed by atoms with van der Waals surface area (Å²) in [7, 11) is 0. The Bertz CT molecular complexity index is 1390. The maximum Gasteiger partial charge on any atom is 0.137 e. The van der Waals surface area contributed by atoms with Gasteiger partial charge in [0.2, 0.25) is 0 Å². The summed E-state index contributed by atoms with van der Waals surface area (Å²) in [6.45, 7) is 5.00. The molecule has 0 radical (unpaired) electrons. The number of nitriles is 1. The Morgan fingerprint density at radius 1 is 1.21 bits per heavy atom. The third-order valence-electron chi connectivity index (χ3n) is 7.06. The van der Waals surface area contributed by atoms with Gasteiger partial charge in [-0.25, -0.2) is 13.8 Å². The number of morpholine rings is 1. The minimum absolute atomic E-state index is 0.202. The molecule has 39 heavy (non-hydrogen) atoms. The van der Waals surface area contributed by atoms with Crippen molar-refractivity contribution in [2.45, 2.75) is 18.9 Å². The van der Waals surface area contributed by atoms with Crippen molar-refractivity contribution in [2.24, 2.45) is 0 Å². The fraction of sp³-hybridized carbons (Fsp3) is 0.345. The summed E-state index contributed by atoms with van der Waals surface area (Å²) < 4.78 is 39.5. The van der Waals surface area contributed by atoms with E-state index >= 15 is 0 Å². The summed E-state index contributed by atoms with van der Waals surface area (Å²) >= 11 is 0. The van der Waals surface area contributed by atoms with Crippen molar-refractivity contribution < 1.29 is 18.3 Å². The Labute approximate surface area is 226 Å². The number of H-pyrrole nitrogens is 1. The SMILES string of the molecule is N#Cc1ccc(-c2cnc(/C=C\C(=N)N3CCCC3c3cc(F)ccc3F)[nH]2)cc1OCCN1CCOCC1. The van der Waals surface area contributed by atoms with Crippen molar-refractivity contribution >= 4 is 11.9 Å². The number of nitrogens with zero attached hydrogens (tertiary/aromatic N) is 4. The second-order valence-electron chi connectivity index (χ2n) is 9.54. The van der Waals surface area contributed by atoms with Gasteiger partial charge in [0.25, 0.3) is 0 Å². The minimum Gasteiger partial charge on any atom is -0.491 e. The molecule has 202 valence electrons. The van der Waals surface area contributed by atoms with Crippen LogP contribution in [0.5, 0.6) is 5.75 Å². The molecular formula is C29H30F2N6O2. The van der Waals surface area contributed by atoms with Crippen LogP contribution in [0.2, 0.25) is 0 Å². The summed E-state index contributed by atoms with van der Waals surface area (Å²) in [4.78, 5) is 11.7. The smallest absolute Gasteiger partial charge is 0.137 e. The highest BCUT2D eigenvalue weighted by Gasteiger charge is 2.29. The topological polar surface area (TPSA) is 101 Å². The first-order valence-corrected chi connectivity index (χ1v) is 13.0. The van der Waals surface area contributed by atoms with Crippen LogP contribution in [-0.2, 0) is 4.74 Å². The molecule has 0 spiro atoms. The van der Waals surface area contributed by atoms with Gasteiger partial charge in [0.1, 0.15) is 41.7 Å². The zero-order valence-electron chi connectivity index (χ0n) is 21.5. The Kier molecular flexibility index (Phi) is 8.30. The highest BCUT2D eigenvalue weighted by Crippen LogP contribution is 2.34. The molecule has 3 aromatic rings. The molecule has 2 N–H and O–H groups in total. The highest BCUT2D eigenvalue weighted by molar-refractivity contribution is 5.94. The molecule has 2 aliphatic rings. The number of nitrogens with one attached hydrogen (secondary N) is 2. The quantitative estimate of drug-likeness (QED) is 0.320.